The molecule has 358 valence electrons. The number of aromatic nitrogens is 1. The number of nitrogens with two attached hydrogens (primary N) is 1. The van der Waals surface area contributed by atoms with Gasteiger partial charge in [0, 0.05) is 86.2 Å². The molecule has 22 heteroatoms. The van der Waals surface area contributed by atoms with Crippen LogP contribution in [-0.4, -0.2) is 125 Å². The number of rotatable bonds is 22. The van der Waals surface area contributed by atoms with Gasteiger partial charge in [-0.3, -0.25) is 33.7 Å². The van der Waals surface area contributed by atoms with Gasteiger partial charge in [0.2, 0.25) is 17.7 Å². The van der Waals surface area contributed by atoms with E-state index in [2.05, 4.69) is 20.8 Å². The number of ether oxygens (including phenoxy) is 1. The van der Waals surface area contributed by atoms with Crippen LogP contribution in [-0.2, 0) is 49.7 Å². The highest BCUT2D eigenvalue weighted by Crippen LogP contribution is 2.41. The lowest BCUT2D eigenvalue weighted by Gasteiger charge is -2.35. The molecule has 1 aromatic heterocycles. The van der Waals surface area contributed by atoms with E-state index in [4.69, 9.17) is 10.5 Å². The molecule has 0 aliphatic carbocycles. The zero-order valence-electron chi connectivity index (χ0n) is 36.4. The normalized spacial score (nSPS) is 14.1. The molecule has 2 aromatic carbocycles. The fraction of sp³-hybridized carbons (Fsp3) is 0.432. The number of hydroxylamine groups is 2. The van der Waals surface area contributed by atoms with E-state index in [9.17, 15) is 60.6 Å². The van der Waals surface area contributed by atoms with E-state index in [1.165, 1.54) is 0 Å². The number of imide groups is 1. The van der Waals surface area contributed by atoms with E-state index >= 15 is 0 Å². The molecule has 6 N–H and O–H groups in total. The first-order chi connectivity index (χ1) is 31.0. The average molecular weight is 934 g/mol. The molecular formula is C44H52F5N7O10. The Labute approximate surface area is 376 Å². The van der Waals surface area contributed by atoms with Gasteiger partial charge in [-0.25, -0.2) is 13.6 Å². The molecule has 4 rings (SSSR count). The molecule has 1 aliphatic heterocycles. The molecule has 66 heavy (non-hydrogen) atoms. The average Bonchev–Trinajstić information content (AvgIpc) is 3.79. The number of amides is 6. The van der Waals surface area contributed by atoms with Crippen molar-refractivity contribution in [2.45, 2.75) is 70.8 Å². The summed E-state index contributed by atoms with van der Waals surface area (Å²) >= 11 is 0. The van der Waals surface area contributed by atoms with Crippen LogP contribution in [0.2, 0.25) is 0 Å². The Morgan fingerprint density at radius 3 is 2.11 bits per heavy atom. The summed E-state index contributed by atoms with van der Waals surface area (Å²) in [7, 11) is 0. The van der Waals surface area contributed by atoms with E-state index < -0.39 is 109 Å². The summed E-state index contributed by atoms with van der Waals surface area (Å²) in [4.78, 5) is 90.6. The number of alkyl halides is 3. The van der Waals surface area contributed by atoms with Gasteiger partial charge in [0.15, 0.2) is 0 Å². The lowest BCUT2D eigenvalue weighted by atomic mass is 9.74. The molecule has 17 nitrogen and oxygen atoms in total. The van der Waals surface area contributed by atoms with Crippen LogP contribution in [0.25, 0.3) is 11.1 Å². The number of hydrogen-bond acceptors (Lipinski definition) is 11. The molecule has 0 saturated carbocycles. The molecule has 0 spiro atoms. The van der Waals surface area contributed by atoms with Crippen LogP contribution in [0, 0.1) is 17.0 Å². The largest absolute Gasteiger partial charge is 0.493 e. The van der Waals surface area contributed by atoms with E-state index in [-0.39, 0.29) is 56.4 Å². The van der Waals surface area contributed by atoms with Crippen molar-refractivity contribution in [1.29, 1.82) is 0 Å². The van der Waals surface area contributed by atoms with Crippen molar-refractivity contribution in [3.63, 3.8) is 0 Å². The molecule has 0 fully saturated rings. The predicted octanol–water partition coefficient (Wildman–Crippen LogP) is 2.61. The number of carbonyl (C=O) groups excluding carboxylic acids is 7. The van der Waals surface area contributed by atoms with Crippen molar-refractivity contribution in [2.75, 3.05) is 45.9 Å². The Balaban J connectivity index is 1.30. The number of aliphatic hydroxyl groups excluding tert-OH is 1. The van der Waals surface area contributed by atoms with Gasteiger partial charge < -0.3 is 40.9 Å². The molecule has 1 aliphatic rings. The molecule has 0 bridgehead atoms. The van der Waals surface area contributed by atoms with Crippen LogP contribution in [0.15, 0.2) is 72.9 Å². The maximum atomic E-state index is 15.0. The van der Waals surface area contributed by atoms with Crippen LogP contribution >= 0.6 is 0 Å². The number of nitrogens with zero attached hydrogens (tertiary/aromatic N) is 3. The number of hydrogen-bond donors (Lipinski definition) is 5. The summed E-state index contributed by atoms with van der Waals surface area (Å²) in [5, 5.41) is 19.1. The van der Waals surface area contributed by atoms with Gasteiger partial charge in [-0.1, -0.05) is 51.1 Å². The quantitative estimate of drug-likeness (QED) is 0.0426. The highest BCUT2D eigenvalue weighted by molar-refractivity contribution is 6.14. The molecule has 3 atom stereocenters. The van der Waals surface area contributed by atoms with E-state index in [0.717, 1.165) is 40.8 Å². The van der Waals surface area contributed by atoms with Crippen LogP contribution in [0.5, 0.6) is 0 Å². The monoisotopic (exact) mass is 933 g/mol. The van der Waals surface area contributed by atoms with Gasteiger partial charge in [0.1, 0.15) is 24.3 Å². The number of nitrogens with one attached hydrogen (secondary N) is 3. The van der Waals surface area contributed by atoms with Gasteiger partial charge in [-0.2, -0.15) is 18.2 Å². The highest BCUT2D eigenvalue weighted by Gasteiger charge is 2.44. The zero-order valence-corrected chi connectivity index (χ0v) is 36.4. The molecule has 2 heterocycles. The minimum absolute atomic E-state index is 0.00500. The van der Waals surface area contributed by atoms with Gasteiger partial charge in [0.25, 0.3) is 17.7 Å². The Kier molecular flexibility index (Phi) is 18.6. The summed E-state index contributed by atoms with van der Waals surface area (Å²) in [6.07, 6.45) is -4.97. The third-order valence-corrected chi connectivity index (χ3v) is 10.0. The Hall–Kier alpha value is -6.52. The Morgan fingerprint density at radius 2 is 1.48 bits per heavy atom. The standard InChI is InChI=1S/C44H52F5N7O10/c1-43(2,3)39(33-21-28(31-22-29(45)9-10-32(31)46)24-54(33)23-27-7-5-4-6-8-27)40(62)41(63)53-16-15-30(50)25-56(66-42(64)44(47,48)49)38(61)12-11-34(57)51-17-19-65-20-18-52-35(58)26-55-36(59)13-14-37(55)60/h4-10,13-14,21-22,24,30,39-40,62H,11-12,15-20,23,25-26,50H2,1-3H3,(H,51,57)(H,52,58)(H,53,63)/t30-,39+,40-/m0/s1. The lowest BCUT2D eigenvalue weighted by molar-refractivity contribution is -0.237. The van der Waals surface area contributed by atoms with Crippen molar-refractivity contribution < 1.29 is 70.2 Å². The summed E-state index contributed by atoms with van der Waals surface area (Å²) in [6.45, 7) is 3.98. The van der Waals surface area contributed by atoms with Gasteiger partial charge in [0.05, 0.1) is 19.8 Å². The number of aliphatic hydroxyl groups is 1. The van der Waals surface area contributed by atoms with E-state index in [1.807, 2.05) is 30.3 Å². The van der Waals surface area contributed by atoms with Crippen LogP contribution in [0.4, 0.5) is 22.0 Å². The first kappa shape index (κ1) is 52.1. The Morgan fingerprint density at radius 1 is 0.848 bits per heavy atom. The van der Waals surface area contributed by atoms with Crippen molar-refractivity contribution in [1.82, 2.24) is 30.5 Å². The summed E-state index contributed by atoms with van der Waals surface area (Å²) in [5.74, 6) is -9.62. The second-order valence-electron chi connectivity index (χ2n) is 16.3. The topological polar surface area (TPSA) is 232 Å². The first-order valence-corrected chi connectivity index (χ1v) is 20.7. The maximum absolute atomic E-state index is 15.0. The van der Waals surface area contributed by atoms with Crippen LogP contribution in [0.1, 0.15) is 57.2 Å². The maximum Gasteiger partial charge on any atom is 0.493 e. The van der Waals surface area contributed by atoms with Gasteiger partial charge in [-0.05, 0) is 41.7 Å². The molecule has 0 radical (unpaired) electrons. The predicted molar refractivity (Wildman–Crippen MR) is 225 cm³/mol. The van der Waals surface area contributed by atoms with Crippen molar-refractivity contribution in [3.05, 3.63) is 95.8 Å². The van der Waals surface area contributed by atoms with Crippen LogP contribution < -0.4 is 21.7 Å². The molecule has 6 amide bonds. The van der Waals surface area contributed by atoms with E-state index in [1.54, 1.807) is 37.6 Å². The number of benzene rings is 2. The smallest absolute Gasteiger partial charge is 0.383 e. The van der Waals surface area contributed by atoms with Crippen LogP contribution in [0.3, 0.4) is 0 Å². The van der Waals surface area contributed by atoms with Crippen molar-refractivity contribution in [2.24, 2.45) is 11.1 Å². The lowest BCUT2D eigenvalue weighted by Crippen LogP contribution is -2.47. The van der Waals surface area contributed by atoms with E-state index in [0.29, 0.717) is 11.3 Å². The SMILES string of the molecule is CC(C)(C)[C@H](c1cc(-c2cc(F)ccc2F)cn1Cc1ccccc1)[C@H](O)C(=O)NCC[C@H](N)CN(OC(=O)C(F)(F)F)C(=O)CCC(=O)NCCOCCNC(=O)CN1C(=O)C=CC1=O. The fourth-order valence-corrected chi connectivity index (χ4v) is 6.78. The molecule has 3 aromatic rings. The fourth-order valence-electron chi connectivity index (χ4n) is 6.78. The third kappa shape index (κ3) is 15.6. The summed E-state index contributed by atoms with van der Waals surface area (Å²) in [6, 6.07) is 12.6. The summed E-state index contributed by atoms with van der Waals surface area (Å²) in [5.41, 5.74) is 6.82. The number of carbonyl (C=O) groups is 7. The van der Waals surface area contributed by atoms with Gasteiger partial charge >= 0.3 is 12.1 Å². The summed E-state index contributed by atoms with van der Waals surface area (Å²) < 4.78 is 75.7. The second kappa shape index (κ2) is 23.6. The minimum Gasteiger partial charge on any atom is -0.383 e. The first-order valence-electron chi connectivity index (χ1n) is 20.7. The highest BCUT2D eigenvalue weighted by atomic mass is 19.4. The zero-order chi connectivity index (χ0) is 48.8. The van der Waals surface area contributed by atoms with Crippen molar-refractivity contribution in [3.8, 4) is 11.1 Å². The Bertz CT molecular complexity index is 2230. The minimum atomic E-state index is -5.49. The molecule has 0 saturated heterocycles. The number of halogens is 5. The molecule has 0 unspecified atom stereocenters. The third-order valence-electron chi connectivity index (χ3n) is 10.0. The molecular weight excluding hydrogens is 882 g/mol. The van der Waals surface area contributed by atoms with Gasteiger partial charge in [-0.15, -0.1) is 0 Å². The second-order valence-corrected chi connectivity index (χ2v) is 16.3. The van der Waals surface area contributed by atoms with Crippen molar-refractivity contribution >= 4 is 41.4 Å².